The van der Waals surface area contributed by atoms with Crippen LogP contribution in [0.1, 0.15) is 26.3 Å². The first-order valence-corrected chi connectivity index (χ1v) is 8.53. The van der Waals surface area contributed by atoms with Crippen molar-refractivity contribution in [3.8, 4) is 5.75 Å². The summed E-state index contributed by atoms with van der Waals surface area (Å²) in [6, 6.07) is 15.7. The van der Waals surface area contributed by atoms with Gasteiger partial charge in [0.05, 0.1) is 0 Å². The molecule has 0 atom stereocenters. The van der Waals surface area contributed by atoms with Crippen molar-refractivity contribution < 1.29 is 9.53 Å². The molecule has 0 bridgehead atoms. The van der Waals surface area contributed by atoms with Gasteiger partial charge in [0, 0.05) is 24.5 Å². The average molecular weight is 326 g/mol. The van der Waals surface area contributed by atoms with Gasteiger partial charge in [0.25, 0.3) is 5.91 Å². The van der Waals surface area contributed by atoms with Crippen molar-refractivity contribution in [2.24, 2.45) is 0 Å². The van der Waals surface area contributed by atoms with Gasteiger partial charge in [-0.1, -0.05) is 25.1 Å². The minimum absolute atomic E-state index is 0.00874. The normalized spacial score (nSPS) is 10.3. The van der Waals surface area contributed by atoms with Crippen LogP contribution < -0.4 is 15.0 Å². The van der Waals surface area contributed by atoms with E-state index >= 15 is 0 Å². The summed E-state index contributed by atoms with van der Waals surface area (Å²) in [4.78, 5) is 14.3. The van der Waals surface area contributed by atoms with Crippen LogP contribution in [0.15, 0.2) is 48.5 Å². The third-order valence-corrected chi connectivity index (χ3v) is 3.99. The fraction of sp³-hybridized carbons (Fsp3) is 0.350. The Morgan fingerprint density at radius 3 is 2.29 bits per heavy atom. The largest absolute Gasteiger partial charge is 0.483 e. The molecule has 0 aliphatic heterocycles. The van der Waals surface area contributed by atoms with E-state index in [9.17, 15) is 4.79 Å². The number of nitrogens with zero attached hydrogens (tertiary/aromatic N) is 1. The quantitative estimate of drug-likeness (QED) is 0.793. The van der Waals surface area contributed by atoms with Gasteiger partial charge in [-0.05, 0) is 56.2 Å². The molecule has 0 aliphatic carbocycles. The van der Waals surface area contributed by atoms with E-state index < -0.39 is 0 Å². The highest BCUT2D eigenvalue weighted by Gasteiger charge is 2.07. The number of benzene rings is 2. The van der Waals surface area contributed by atoms with Crippen molar-refractivity contribution in [1.29, 1.82) is 0 Å². The first-order valence-electron chi connectivity index (χ1n) is 8.53. The molecular weight excluding hydrogens is 300 g/mol. The number of para-hydroxylation sites is 1. The van der Waals surface area contributed by atoms with E-state index in [1.165, 1.54) is 0 Å². The van der Waals surface area contributed by atoms with Crippen molar-refractivity contribution in [3.63, 3.8) is 0 Å². The molecule has 2 aromatic rings. The standard InChI is InChI=1S/C20H26N2O2/c1-4-16-9-7-8-10-19(16)24-15-20(23)21-17-11-13-18(14-12-17)22(5-2)6-3/h7-14H,4-6,15H2,1-3H3,(H,21,23). The van der Waals surface area contributed by atoms with Crippen LogP contribution in [0.3, 0.4) is 0 Å². The van der Waals surface area contributed by atoms with Crippen LogP contribution in [0.25, 0.3) is 0 Å². The first-order chi connectivity index (χ1) is 11.7. The number of carbonyl (C=O) groups excluding carboxylic acids is 1. The fourth-order valence-corrected chi connectivity index (χ4v) is 2.62. The van der Waals surface area contributed by atoms with Crippen LogP contribution >= 0.6 is 0 Å². The number of carbonyl (C=O) groups is 1. The third-order valence-electron chi connectivity index (χ3n) is 3.99. The van der Waals surface area contributed by atoms with Gasteiger partial charge >= 0.3 is 0 Å². The molecule has 0 radical (unpaired) electrons. The number of amides is 1. The first kappa shape index (κ1) is 17.9. The topological polar surface area (TPSA) is 41.6 Å². The Hall–Kier alpha value is -2.49. The van der Waals surface area contributed by atoms with Crippen LogP contribution in [-0.2, 0) is 11.2 Å². The summed E-state index contributed by atoms with van der Waals surface area (Å²) in [6.07, 6.45) is 0.880. The van der Waals surface area contributed by atoms with E-state index in [1.54, 1.807) is 0 Å². The molecule has 0 fully saturated rings. The average Bonchev–Trinajstić information content (AvgIpc) is 2.62. The molecule has 0 aromatic heterocycles. The second-order valence-electron chi connectivity index (χ2n) is 5.52. The lowest BCUT2D eigenvalue weighted by molar-refractivity contribution is -0.118. The van der Waals surface area contributed by atoms with Crippen molar-refractivity contribution in [3.05, 3.63) is 54.1 Å². The summed E-state index contributed by atoms with van der Waals surface area (Å²) >= 11 is 0. The SMILES string of the molecule is CCc1ccccc1OCC(=O)Nc1ccc(N(CC)CC)cc1. The molecule has 0 heterocycles. The second-order valence-corrected chi connectivity index (χ2v) is 5.52. The second kappa shape index (κ2) is 8.96. The highest BCUT2D eigenvalue weighted by Crippen LogP contribution is 2.19. The Morgan fingerprint density at radius 1 is 1.00 bits per heavy atom. The van der Waals surface area contributed by atoms with E-state index in [4.69, 9.17) is 4.74 Å². The zero-order valence-electron chi connectivity index (χ0n) is 14.7. The summed E-state index contributed by atoms with van der Waals surface area (Å²) in [5.41, 5.74) is 3.04. The van der Waals surface area contributed by atoms with E-state index in [-0.39, 0.29) is 12.5 Å². The monoisotopic (exact) mass is 326 g/mol. The Labute approximate surface area is 144 Å². The summed E-state index contributed by atoms with van der Waals surface area (Å²) in [7, 11) is 0. The lowest BCUT2D eigenvalue weighted by Crippen LogP contribution is -2.22. The molecule has 4 heteroatoms. The zero-order chi connectivity index (χ0) is 17.4. The zero-order valence-corrected chi connectivity index (χ0v) is 14.7. The Morgan fingerprint density at radius 2 is 1.67 bits per heavy atom. The maximum Gasteiger partial charge on any atom is 0.262 e. The van der Waals surface area contributed by atoms with E-state index in [0.717, 1.165) is 42.2 Å². The summed E-state index contributed by atoms with van der Waals surface area (Å²) in [5.74, 6) is 0.614. The molecule has 0 saturated carbocycles. The number of hydrogen-bond acceptors (Lipinski definition) is 3. The number of nitrogens with one attached hydrogen (secondary N) is 1. The van der Waals surface area contributed by atoms with Crippen molar-refractivity contribution in [2.75, 3.05) is 29.9 Å². The molecular formula is C20H26N2O2. The molecule has 0 saturated heterocycles. The van der Waals surface area contributed by atoms with Crippen LogP contribution in [0.5, 0.6) is 5.75 Å². The Balaban J connectivity index is 1.90. The highest BCUT2D eigenvalue weighted by atomic mass is 16.5. The predicted molar refractivity (Wildman–Crippen MR) is 99.9 cm³/mol. The van der Waals surface area contributed by atoms with E-state index in [2.05, 4.69) is 31.0 Å². The molecule has 128 valence electrons. The number of aryl methyl sites for hydroxylation is 1. The lowest BCUT2D eigenvalue weighted by Gasteiger charge is -2.21. The summed E-state index contributed by atoms with van der Waals surface area (Å²) < 4.78 is 5.64. The molecule has 1 N–H and O–H groups in total. The minimum atomic E-state index is -0.156. The van der Waals surface area contributed by atoms with Gasteiger partial charge in [-0.25, -0.2) is 0 Å². The van der Waals surface area contributed by atoms with Gasteiger partial charge in [-0.15, -0.1) is 0 Å². The van der Waals surface area contributed by atoms with Crippen LogP contribution in [0, 0.1) is 0 Å². The van der Waals surface area contributed by atoms with E-state index in [0.29, 0.717) is 0 Å². The molecule has 0 unspecified atom stereocenters. The van der Waals surface area contributed by atoms with Crippen LogP contribution in [0.2, 0.25) is 0 Å². The van der Waals surface area contributed by atoms with Gasteiger partial charge < -0.3 is 15.0 Å². The number of hydrogen-bond donors (Lipinski definition) is 1. The predicted octanol–water partition coefficient (Wildman–Crippen LogP) is 4.11. The summed E-state index contributed by atoms with van der Waals surface area (Å²) in [5, 5.41) is 2.87. The molecule has 4 nitrogen and oxygen atoms in total. The fourth-order valence-electron chi connectivity index (χ4n) is 2.62. The number of rotatable bonds is 8. The van der Waals surface area contributed by atoms with Crippen molar-refractivity contribution in [1.82, 2.24) is 0 Å². The van der Waals surface area contributed by atoms with Crippen LogP contribution in [-0.4, -0.2) is 25.6 Å². The van der Waals surface area contributed by atoms with Gasteiger partial charge in [0.2, 0.25) is 0 Å². The summed E-state index contributed by atoms with van der Waals surface area (Å²) in [6.45, 7) is 8.27. The van der Waals surface area contributed by atoms with E-state index in [1.807, 2.05) is 48.5 Å². The van der Waals surface area contributed by atoms with Gasteiger partial charge in [-0.3, -0.25) is 4.79 Å². The van der Waals surface area contributed by atoms with Gasteiger partial charge in [-0.2, -0.15) is 0 Å². The van der Waals surface area contributed by atoms with Crippen LogP contribution in [0.4, 0.5) is 11.4 Å². The minimum Gasteiger partial charge on any atom is -0.483 e. The molecule has 2 aromatic carbocycles. The molecule has 24 heavy (non-hydrogen) atoms. The molecule has 0 aliphatic rings. The molecule has 1 amide bonds. The number of ether oxygens (including phenoxy) is 1. The van der Waals surface area contributed by atoms with Crippen molar-refractivity contribution >= 4 is 17.3 Å². The molecule has 0 spiro atoms. The number of anilines is 2. The maximum absolute atomic E-state index is 12.1. The third kappa shape index (κ3) is 4.75. The van der Waals surface area contributed by atoms with Gasteiger partial charge in [0.1, 0.15) is 5.75 Å². The highest BCUT2D eigenvalue weighted by molar-refractivity contribution is 5.92. The Bertz CT molecular complexity index is 649. The Kier molecular flexibility index (Phi) is 6.67. The van der Waals surface area contributed by atoms with Gasteiger partial charge in [0.15, 0.2) is 6.61 Å². The smallest absolute Gasteiger partial charge is 0.262 e. The maximum atomic E-state index is 12.1. The van der Waals surface area contributed by atoms with Crippen molar-refractivity contribution in [2.45, 2.75) is 27.2 Å². The lowest BCUT2D eigenvalue weighted by atomic mass is 10.1. The molecule has 2 rings (SSSR count).